The van der Waals surface area contributed by atoms with Crippen molar-refractivity contribution in [3.8, 4) is 22.6 Å². The van der Waals surface area contributed by atoms with Crippen LogP contribution >= 0.6 is 0 Å². The van der Waals surface area contributed by atoms with E-state index in [9.17, 15) is 4.79 Å². The molecule has 1 aliphatic rings. The molecule has 6 rings (SSSR count). The molecule has 0 amide bonds. The first-order chi connectivity index (χ1) is 22.7. The van der Waals surface area contributed by atoms with E-state index < -0.39 is 5.76 Å². The fourth-order valence-electron chi connectivity index (χ4n) is 5.77. The Morgan fingerprint density at radius 3 is 2.11 bits per heavy atom. The molecule has 238 valence electrons. The molecule has 0 aliphatic carbocycles. The molecule has 46 heavy (non-hydrogen) atoms. The predicted octanol–water partition coefficient (Wildman–Crippen LogP) is 7.36. The van der Waals surface area contributed by atoms with Crippen LogP contribution in [-0.2, 0) is 42.1 Å². The lowest BCUT2D eigenvalue weighted by atomic mass is 9.90. The summed E-state index contributed by atoms with van der Waals surface area (Å²) in [4.78, 5) is 12.9. The molecule has 5 aromatic rings. The summed E-state index contributed by atoms with van der Waals surface area (Å²) in [6.07, 6.45) is 3.73. The monoisotopic (exact) mass is 620 g/mol. The van der Waals surface area contributed by atoms with Crippen molar-refractivity contribution in [2.24, 2.45) is 0 Å². The van der Waals surface area contributed by atoms with Gasteiger partial charge in [-0.1, -0.05) is 97.9 Å². The molecule has 8 heteroatoms. The third-order valence-electron chi connectivity index (χ3n) is 8.08. The third kappa shape index (κ3) is 7.94. The molecule has 0 N–H and O–H groups in total. The summed E-state index contributed by atoms with van der Waals surface area (Å²) in [5.74, 6) is 1.22. The van der Waals surface area contributed by atoms with Crippen LogP contribution in [-0.4, -0.2) is 29.3 Å². The zero-order valence-corrected chi connectivity index (χ0v) is 26.2. The van der Waals surface area contributed by atoms with E-state index in [0.29, 0.717) is 44.5 Å². The molecule has 0 radical (unpaired) electrons. The summed E-state index contributed by atoms with van der Waals surface area (Å²) in [6.45, 7) is 4.19. The average Bonchev–Trinajstić information content (AvgIpc) is 3.46. The van der Waals surface area contributed by atoms with Gasteiger partial charge in [0.1, 0.15) is 24.7 Å². The van der Waals surface area contributed by atoms with Gasteiger partial charge in [-0.2, -0.15) is 4.68 Å². The van der Waals surface area contributed by atoms with Gasteiger partial charge in [0.2, 0.25) is 5.89 Å². The van der Waals surface area contributed by atoms with Gasteiger partial charge in [0, 0.05) is 18.2 Å². The van der Waals surface area contributed by atoms with Crippen LogP contribution in [0.15, 0.2) is 106 Å². The average molecular weight is 621 g/mol. The van der Waals surface area contributed by atoms with Crippen LogP contribution < -0.4 is 15.2 Å². The fourth-order valence-corrected chi connectivity index (χ4v) is 5.77. The minimum Gasteiger partial charge on any atom is -0.488 e. The number of hydrogen-bond acceptors (Lipinski definition) is 7. The van der Waals surface area contributed by atoms with E-state index in [1.165, 1.54) is 4.68 Å². The van der Waals surface area contributed by atoms with E-state index in [1.54, 1.807) is 0 Å². The number of nitrogens with zero attached hydrogens (tertiary/aromatic N) is 2. The Hall–Kier alpha value is -4.66. The van der Waals surface area contributed by atoms with Crippen molar-refractivity contribution in [3.63, 3.8) is 0 Å². The molecule has 0 saturated carbocycles. The SMILES string of the molecule is CCc1c(OCc2ccccc2)cc(OCc2ccccc2)c(-c2ccccc2)c1Cc1nn(CCOC2CCCCO2)c(=O)o1. The van der Waals surface area contributed by atoms with Gasteiger partial charge in [0.05, 0.1) is 19.6 Å². The van der Waals surface area contributed by atoms with Gasteiger partial charge in [0.25, 0.3) is 0 Å². The summed E-state index contributed by atoms with van der Waals surface area (Å²) in [5.41, 5.74) is 6.00. The number of rotatable bonds is 14. The molecule has 1 aliphatic heterocycles. The second-order valence-corrected chi connectivity index (χ2v) is 11.3. The maximum Gasteiger partial charge on any atom is 0.437 e. The van der Waals surface area contributed by atoms with E-state index in [4.69, 9.17) is 23.4 Å². The van der Waals surface area contributed by atoms with Gasteiger partial charge in [-0.15, -0.1) is 5.10 Å². The van der Waals surface area contributed by atoms with Crippen LogP contribution in [0.1, 0.15) is 54.3 Å². The molecule has 4 aromatic carbocycles. The Bertz CT molecular complexity index is 1730. The molecule has 1 atom stereocenters. The summed E-state index contributed by atoms with van der Waals surface area (Å²) in [7, 11) is 0. The Labute approximate surface area is 269 Å². The fraction of sp³-hybridized carbons (Fsp3) is 0.316. The van der Waals surface area contributed by atoms with Crippen LogP contribution in [0.3, 0.4) is 0 Å². The molecular formula is C38H40N2O6. The van der Waals surface area contributed by atoms with Gasteiger partial charge in [0.15, 0.2) is 6.29 Å². The van der Waals surface area contributed by atoms with E-state index in [1.807, 2.05) is 84.9 Å². The van der Waals surface area contributed by atoms with Crippen molar-refractivity contribution < 1.29 is 23.4 Å². The Balaban J connectivity index is 1.35. The minimum absolute atomic E-state index is 0.232. The first-order valence-corrected chi connectivity index (χ1v) is 16.1. The van der Waals surface area contributed by atoms with E-state index in [-0.39, 0.29) is 19.3 Å². The molecular weight excluding hydrogens is 580 g/mol. The lowest BCUT2D eigenvalue weighted by Gasteiger charge is -2.22. The van der Waals surface area contributed by atoms with Crippen molar-refractivity contribution in [3.05, 3.63) is 136 Å². The van der Waals surface area contributed by atoms with Gasteiger partial charge in [-0.05, 0) is 53.5 Å². The molecule has 0 spiro atoms. The van der Waals surface area contributed by atoms with Gasteiger partial charge in [-0.25, -0.2) is 4.79 Å². The summed E-state index contributed by atoms with van der Waals surface area (Å²) in [6, 6.07) is 32.3. The highest BCUT2D eigenvalue weighted by Crippen LogP contribution is 2.42. The lowest BCUT2D eigenvalue weighted by molar-refractivity contribution is -0.164. The number of aromatic nitrogens is 2. The van der Waals surface area contributed by atoms with E-state index in [0.717, 1.165) is 58.4 Å². The van der Waals surface area contributed by atoms with Crippen molar-refractivity contribution in [2.45, 2.75) is 65.1 Å². The quantitative estimate of drug-likeness (QED) is 0.128. The van der Waals surface area contributed by atoms with Gasteiger partial charge >= 0.3 is 5.76 Å². The van der Waals surface area contributed by atoms with Crippen molar-refractivity contribution in [1.29, 1.82) is 0 Å². The van der Waals surface area contributed by atoms with E-state index in [2.05, 4.69) is 24.2 Å². The lowest BCUT2D eigenvalue weighted by Crippen LogP contribution is -2.26. The van der Waals surface area contributed by atoms with Crippen molar-refractivity contribution in [1.82, 2.24) is 9.78 Å². The van der Waals surface area contributed by atoms with E-state index >= 15 is 0 Å². The maximum absolute atomic E-state index is 12.9. The first kappa shape index (κ1) is 31.3. The molecule has 2 heterocycles. The number of hydrogen-bond donors (Lipinski definition) is 0. The number of benzene rings is 4. The minimum atomic E-state index is -0.514. The molecule has 1 aromatic heterocycles. The standard InChI is InChI=1S/C38H40N2O6/c1-2-31-32(24-35-39-40(38(41)46-35)21-23-43-36-20-12-13-22-42-36)37(30-18-10-5-11-19-30)34(45-27-29-16-8-4-9-17-29)25-33(31)44-26-28-14-6-3-7-15-28/h3-11,14-19,25,36H,2,12-13,20-24,26-27H2,1H3. The Kier molecular flexibility index (Phi) is 10.6. The molecule has 0 bridgehead atoms. The summed E-state index contributed by atoms with van der Waals surface area (Å²) < 4.78 is 31.6. The van der Waals surface area contributed by atoms with Crippen LogP contribution in [0, 0.1) is 0 Å². The topological polar surface area (TPSA) is 85.0 Å². The molecule has 8 nitrogen and oxygen atoms in total. The first-order valence-electron chi connectivity index (χ1n) is 16.1. The highest BCUT2D eigenvalue weighted by atomic mass is 16.7. The van der Waals surface area contributed by atoms with Gasteiger partial charge in [-0.3, -0.25) is 0 Å². The van der Waals surface area contributed by atoms with Crippen LogP contribution in [0.25, 0.3) is 11.1 Å². The Morgan fingerprint density at radius 2 is 1.48 bits per heavy atom. The maximum atomic E-state index is 12.9. The zero-order chi connectivity index (χ0) is 31.6. The second-order valence-electron chi connectivity index (χ2n) is 11.3. The highest BCUT2D eigenvalue weighted by Gasteiger charge is 2.24. The summed E-state index contributed by atoms with van der Waals surface area (Å²) in [5, 5.41) is 4.58. The predicted molar refractivity (Wildman–Crippen MR) is 176 cm³/mol. The van der Waals surface area contributed by atoms with Crippen LogP contribution in [0.5, 0.6) is 11.5 Å². The normalized spacial score (nSPS) is 14.7. The van der Waals surface area contributed by atoms with Crippen molar-refractivity contribution in [2.75, 3.05) is 13.2 Å². The second kappa shape index (κ2) is 15.6. The third-order valence-corrected chi connectivity index (χ3v) is 8.08. The zero-order valence-electron chi connectivity index (χ0n) is 26.2. The Morgan fingerprint density at radius 1 is 0.826 bits per heavy atom. The summed E-state index contributed by atoms with van der Waals surface area (Å²) >= 11 is 0. The number of ether oxygens (including phenoxy) is 4. The van der Waals surface area contributed by atoms with Crippen molar-refractivity contribution >= 4 is 0 Å². The van der Waals surface area contributed by atoms with Crippen LogP contribution in [0.4, 0.5) is 0 Å². The van der Waals surface area contributed by atoms with Gasteiger partial charge < -0.3 is 23.4 Å². The molecule has 1 fully saturated rings. The smallest absolute Gasteiger partial charge is 0.437 e. The molecule has 1 saturated heterocycles. The van der Waals surface area contributed by atoms with Crippen LogP contribution in [0.2, 0.25) is 0 Å². The molecule has 1 unspecified atom stereocenters. The largest absolute Gasteiger partial charge is 0.488 e. The highest BCUT2D eigenvalue weighted by molar-refractivity contribution is 5.77.